The molecule has 1 aromatic heterocycles. The van der Waals surface area contributed by atoms with Gasteiger partial charge in [0.1, 0.15) is 18.1 Å². The van der Waals surface area contributed by atoms with Crippen molar-refractivity contribution in [1.29, 1.82) is 0 Å². The molecule has 0 amide bonds. The molecule has 0 fully saturated rings. The fourth-order valence-corrected chi connectivity index (χ4v) is 2.48. The molecular formula is C17H27N3O4. The van der Waals surface area contributed by atoms with Crippen molar-refractivity contribution >= 4 is 17.3 Å². The zero-order chi connectivity index (χ0) is 18.1. The van der Waals surface area contributed by atoms with E-state index in [1.165, 1.54) is 0 Å². The van der Waals surface area contributed by atoms with Crippen LogP contribution in [0.4, 0.5) is 5.69 Å². The van der Waals surface area contributed by atoms with Gasteiger partial charge in [-0.1, -0.05) is 33.1 Å². The Hall–Kier alpha value is -2.02. The lowest BCUT2D eigenvalue weighted by atomic mass is 10.0. The summed E-state index contributed by atoms with van der Waals surface area (Å²) >= 11 is 0. The van der Waals surface area contributed by atoms with Gasteiger partial charge in [0, 0.05) is 6.42 Å². The monoisotopic (exact) mass is 337 g/mol. The van der Waals surface area contributed by atoms with Crippen LogP contribution < -0.4 is 10.9 Å². The Morgan fingerprint density at radius 3 is 2.50 bits per heavy atom. The summed E-state index contributed by atoms with van der Waals surface area (Å²) in [5.74, 6) is -0.954. The zero-order valence-electron chi connectivity index (χ0n) is 14.6. The first kappa shape index (κ1) is 20.0. The molecule has 24 heavy (non-hydrogen) atoms. The van der Waals surface area contributed by atoms with Crippen molar-refractivity contribution in [3.05, 3.63) is 21.9 Å². The Labute approximate surface area is 141 Å². The number of carbonyl (C=O) groups excluding carboxylic acids is 2. The van der Waals surface area contributed by atoms with Gasteiger partial charge in [-0.25, -0.2) is 4.98 Å². The summed E-state index contributed by atoms with van der Waals surface area (Å²) < 4.78 is 0. The number of anilines is 1. The van der Waals surface area contributed by atoms with Crippen molar-refractivity contribution in [1.82, 2.24) is 9.97 Å². The molecule has 0 saturated carbocycles. The molecule has 3 N–H and O–H groups in total. The lowest BCUT2D eigenvalue weighted by Crippen LogP contribution is -2.38. The highest BCUT2D eigenvalue weighted by Gasteiger charge is 2.25. The number of hydrogen-bond donors (Lipinski definition) is 3. The minimum atomic E-state index is -0.853. The Morgan fingerprint density at radius 2 is 1.96 bits per heavy atom. The third kappa shape index (κ3) is 5.56. The molecule has 0 saturated heterocycles. The SMILES string of the molecule is CCCCCC(Nc1c(C)nc(CCC)[nH]c1=O)C(=O)C(=O)CO. The van der Waals surface area contributed by atoms with Crippen molar-refractivity contribution in [2.75, 3.05) is 11.9 Å². The molecule has 1 unspecified atom stereocenters. The number of unbranched alkanes of at least 4 members (excludes halogenated alkanes) is 2. The second-order valence-electron chi connectivity index (χ2n) is 5.86. The minimum Gasteiger partial charge on any atom is -0.388 e. The number of aromatic nitrogens is 2. The number of H-pyrrole nitrogens is 1. The predicted octanol–water partition coefficient (Wildman–Crippen LogP) is 1.52. The van der Waals surface area contributed by atoms with E-state index in [2.05, 4.69) is 15.3 Å². The molecule has 0 radical (unpaired) electrons. The number of nitrogens with one attached hydrogen (secondary N) is 2. The van der Waals surface area contributed by atoms with Gasteiger partial charge in [-0.05, 0) is 19.8 Å². The molecule has 1 atom stereocenters. The van der Waals surface area contributed by atoms with Crippen LogP contribution in [0.15, 0.2) is 4.79 Å². The van der Waals surface area contributed by atoms with Gasteiger partial charge in [-0.15, -0.1) is 0 Å². The van der Waals surface area contributed by atoms with Gasteiger partial charge in [0.05, 0.1) is 11.7 Å². The number of Topliss-reactive ketones (excluding diaryl/α,β-unsaturated/α-hetero) is 2. The molecule has 0 aliphatic rings. The van der Waals surface area contributed by atoms with E-state index < -0.39 is 24.2 Å². The molecule has 1 aromatic rings. The van der Waals surface area contributed by atoms with Crippen LogP contribution >= 0.6 is 0 Å². The predicted molar refractivity (Wildman–Crippen MR) is 92.2 cm³/mol. The second kappa shape index (κ2) is 9.97. The van der Waals surface area contributed by atoms with Gasteiger partial charge in [0.25, 0.3) is 5.56 Å². The van der Waals surface area contributed by atoms with Crippen LogP contribution in [-0.2, 0) is 16.0 Å². The number of aliphatic hydroxyl groups is 1. The minimum absolute atomic E-state index is 0.204. The topological polar surface area (TPSA) is 112 Å². The van der Waals surface area contributed by atoms with Crippen LogP contribution in [-0.4, -0.2) is 39.3 Å². The maximum Gasteiger partial charge on any atom is 0.274 e. The molecular weight excluding hydrogens is 310 g/mol. The van der Waals surface area contributed by atoms with Crippen LogP contribution in [0.5, 0.6) is 0 Å². The third-order valence-corrected chi connectivity index (χ3v) is 3.79. The van der Waals surface area contributed by atoms with Crippen molar-refractivity contribution in [3.63, 3.8) is 0 Å². The van der Waals surface area contributed by atoms with E-state index in [4.69, 9.17) is 5.11 Å². The van der Waals surface area contributed by atoms with Crippen molar-refractivity contribution < 1.29 is 14.7 Å². The standard InChI is InChI=1S/C17H27N3O4/c1-4-6-7-9-12(16(23)13(22)10-21)19-15-11(3)18-14(8-5-2)20-17(15)24/h12,19,21H,4-10H2,1-3H3,(H,18,20,24). The number of aliphatic hydroxyl groups excluding tert-OH is 1. The Morgan fingerprint density at radius 1 is 1.25 bits per heavy atom. The molecule has 0 bridgehead atoms. The van der Waals surface area contributed by atoms with Gasteiger partial charge >= 0.3 is 0 Å². The molecule has 0 aromatic carbocycles. The average Bonchev–Trinajstić information content (AvgIpc) is 2.55. The molecule has 0 spiro atoms. The fraction of sp³-hybridized carbons (Fsp3) is 0.647. The van der Waals surface area contributed by atoms with Gasteiger partial charge in [0.2, 0.25) is 11.6 Å². The molecule has 7 nitrogen and oxygen atoms in total. The highest BCUT2D eigenvalue weighted by atomic mass is 16.3. The Kier molecular flexibility index (Phi) is 8.32. The first-order chi connectivity index (χ1) is 11.4. The summed E-state index contributed by atoms with van der Waals surface area (Å²) in [4.78, 5) is 43.0. The zero-order valence-corrected chi connectivity index (χ0v) is 14.6. The number of aromatic amines is 1. The second-order valence-corrected chi connectivity index (χ2v) is 5.86. The average molecular weight is 337 g/mol. The van der Waals surface area contributed by atoms with E-state index >= 15 is 0 Å². The fourth-order valence-electron chi connectivity index (χ4n) is 2.48. The van der Waals surface area contributed by atoms with Crippen LogP contribution in [0.3, 0.4) is 0 Å². The first-order valence-electron chi connectivity index (χ1n) is 8.48. The largest absolute Gasteiger partial charge is 0.388 e. The molecule has 134 valence electrons. The summed E-state index contributed by atoms with van der Waals surface area (Å²) in [7, 11) is 0. The number of carbonyl (C=O) groups is 2. The number of aryl methyl sites for hydroxylation is 2. The van der Waals surface area contributed by atoms with E-state index in [0.29, 0.717) is 24.4 Å². The summed E-state index contributed by atoms with van der Waals surface area (Å²) in [6.07, 6.45) is 4.59. The van der Waals surface area contributed by atoms with Crippen molar-refractivity contribution in [3.8, 4) is 0 Å². The third-order valence-electron chi connectivity index (χ3n) is 3.79. The first-order valence-corrected chi connectivity index (χ1v) is 8.48. The molecule has 1 heterocycles. The number of hydrogen-bond acceptors (Lipinski definition) is 6. The van der Waals surface area contributed by atoms with Crippen LogP contribution in [0.2, 0.25) is 0 Å². The molecule has 0 aliphatic carbocycles. The van der Waals surface area contributed by atoms with Gasteiger partial charge < -0.3 is 15.4 Å². The van der Waals surface area contributed by atoms with Crippen LogP contribution in [0.25, 0.3) is 0 Å². The maximum atomic E-state index is 12.3. The lowest BCUT2D eigenvalue weighted by molar-refractivity contribution is -0.138. The van der Waals surface area contributed by atoms with E-state index in [-0.39, 0.29) is 11.2 Å². The number of ketones is 2. The molecule has 1 rings (SSSR count). The quantitative estimate of drug-likeness (QED) is 0.417. The van der Waals surface area contributed by atoms with Crippen LogP contribution in [0, 0.1) is 6.92 Å². The summed E-state index contributed by atoms with van der Waals surface area (Å²) in [6, 6.07) is -0.824. The summed E-state index contributed by atoms with van der Waals surface area (Å²) in [6.45, 7) is 4.89. The van der Waals surface area contributed by atoms with E-state index in [9.17, 15) is 14.4 Å². The van der Waals surface area contributed by atoms with E-state index in [1.54, 1.807) is 6.92 Å². The summed E-state index contributed by atoms with van der Waals surface area (Å²) in [5.41, 5.74) is 0.345. The van der Waals surface area contributed by atoms with E-state index in [1.807, 2.05) is 13.8 Å². The maximum absolute atomic E-state index is 12.3. The van der Waals surface area contributed by atoms with E-state index in [0.717, 1.165) is 25.7 Å². The molecule has 7 heteroatoms. The lowest BCUT2D eigenvalue weighted by Gasteiger charge is -2.18. The highest BCUT2D eigenvalue weighted by Crippen LogP contribution is 2.13. The smallest absolute Gasteiger partial charge is 0.274 e. The number of rotatable bonds is 11. The summed E-state index contributed by atoms with van der Waals surface area (Å²) in [5, 5.41) is 11.8. The Bertz CT molecular complexity index is 625. The normalized spacial score (nSPS) is 12.0. The Balaban J connectivity index is 3.02. The van der Waals surface area contributed by atoms with Crippen LogP contribution in [0.1, 0.15) is 57.5 Å². The van der Waals surface area contributed by atoms with Crippen molar-refractivity contribution in [2.24, 2.45) is 0 Å². The van der Waals surface area contributed by atoms with Gasteiger partial charge in [-0.3, -0.25) is 14.4 Å². The van der Waals surface area contributed by atoms with Gasteiger partial charge in [-0.2, -0.15) is 0 Å². The van der Waals surface area contributed by atoms with Crippen molar-refractivity contribution in [2.45, 2.75) is 65.3 Å². The molecule has 0 aliphatic heterocycles. The number of nitrogens with zero attached hydrogens (tertiary/aromatic N) is 1. The van der Waals surface area contributed by atoms with Gasteiger partial charge in [0.15, 0.2) is 0 Å². The highest BCUT2D eigenvalue weighted by molar-refractivity contribution is 6.40.